The molecule has 0 fully saturated rings. The van der Waals surface area contributed by atoms with Crippen LogP contribution < -0.4 is 5.46 Å². The molecule has 0 saturated heterocycles. The Kier molecular flexibility index (Phi) is 2.75. The van der Waals surface area contributed by atoms with E-state index in [0.717, 1.165) is 7.28 Å². The first-order valence-electron chi connectivity index (χ1n) is 4.33. The summed E-state index contributed by atoms with van der Waals surface area (Å²) in [5.41, 5.74) is 2.98. The van der Waals surface area contributed by atoms with Crippen molar-refractivity contribution in [2.45, 2.75) is 26.6 Å². The Bertz CT molecular complexity index is 228. The van der Waals surface area contributed by atoms with E-state index in [1.807, 2.05) is 0 Å². The van der Waals surface area contributed by atoms with Crippen molar-refractivity contribution >= 4 is 12.7 Å². The fourth-order valence-electron chi connectivity index (χ4n) is 1.42. The van der Waals surface area contributed by atoms with E-state index in [2.05, 4.69) is 44.9 Å². The van der Waals surface area contributed by atoms with Gasteiger partial charge in [0.15, 0.2) is 7.28 Å². The summed E-state index contributed by atoms with van der Waals surface area (Å²) in [6, 6.07) is 8.68. The molecule has 11 heavy (non-hydrogen) atoms. The van der Waals surface area contributed by atoms with E-state index in [1.54, 1.807) is 0 Å². The zero-order chi connectivity index (χ0) is 8.27. The van der Waals surface area contributed by atoms with Crippen molar-refractivity contribution in [2.75, 3.05) is 0 Å². The summed E-state index contributed by atoms with van der Waals surface area (Å²) in [4.78, 5) is 0. The summed E-state index contributed by atoms with van der Waals surface area (Å²) in [6.45, 7) is 6.70. The van der Waals surface area contributed by atoms with Crippen LogP contribution in [0.1, 0.15) is 25.3 Å². The maximum absolute atomic E-state index is 2.24. The van der Waals surface area contributed by atoms with Crippen molar-refractivity contribution in [2.24, 2.45) is 0 Å². The van der Waals surface area contributed by atoms with Gasteiger partial charge in [-0.1, -0.05) is 56.0 Å². The Hall–Kier alpha value is -0.715. The summed E-state index contributed by atoms with van der Waals surface area (Å²) in [6.07, 6.45) is 0. The molecule has 0 radical (unpaired) electrons. The standard InChI is InChI=1S/C10H15B/c1-8(2)9-6-4-5-7-10(9)11-3/h4-8,11H,1-3H3. The predicted octanol–water partition coefficient (Wildman–Crippen LogP) is 1.92. The van der Waals surface area contributed by atoms with E-state index < -0.39 is 0 Å². The summed E-state index contributed by atoms with van der Waals surface area (Å²) < 4.78 is 0. The van der Waals surface area contributed by atoms with E-state index in [0.29, 0.717) is 5.92 Å². The van der Waals surface area contributed by atoms with Gasteiger partial charge in [0.05, 0.1) is 0 Å². The van der Waals surface area contributed by atoms with Crippen LogP contribution in [0.3, 0.4) is 0 Å². The van der Waals surface area contributed by atoms with Gasteiger partial charge in [-0.05, 0) is 5.92 Å². The highest BCUT2D eigenvalue weighted by Crippen LogP contribution is 2.10. The third-order valence-electron chi connectivity index (χ3n) is 2.06. The molecule has 1 aromatic carbocycles. The van der Waals surface area contributed by atoms with Gasteiger partial charge in [0, 0.05) is 0 Å². The smallest absolute Gasteiger partial charge is 0.0849 e. The molecule has 1 rings (SSSR count). The van der Waals surface area contributed by atoms with Crippen LogP contribution in [0.5, 0.6) is 0 Å². The number of hydrogen-bond donors (Lipinski definition) is 0. The molecule has 1 aromatic rings. The average Bonchev–Trinajstić information content (AvgIpc) is 2.04. The summed E-state index contributed by atoms with van der Waals surface area (Å²) >= 11 is 0. The van der Waals surface area contributed by atoms with Crippen LogP contribution in [-0.4, -0.2) is 7.28 Å². The third kappa shape index (κ3) is 1.86. The normalized spacial score (nSPS) is 10.2. The third-order valence-corrected chi connectivity index (χ3v) is 2.06. The van der Waals surface area contributed by atoms with Gasteiger partial charge in [-0.15, -0.1) is 0 Å². The van der Waals surface area contributed by atoms with Crippen molar-refractivity contribution in [3.05, 3.63) is 29.8 Å². The maximum atomic E-state index is 2.24. The highest BCUT2D eigenvalue weighted by Gasteiger charge is 2.02. The quantitative estimate of drug-likeness (QED) is 0.559. The van der Waals surface area contributed by atoms with Gasteiger partial charge in [-0.3, -0.25) is 0 Å². The lowest BCUT2D eigenvalue weighted by Crippen LogP contribution is -2.16. The van der Waals surface area contributed by atoms with Crippen molar-refractivity contribution in [3.8, 4) is 0 Å². The van der Waals surface area contributed by atoms with Crippen molar-refractivity contribution < 1.29 is 0 Å². The van der Waals surface area contributed by atoms with Gasteiger partial charge < -0.3 is 0 Å². The van der Waals surface area contributed by atoms with Gasteiger partial charge in [0.2, 0.25) is 0 Å². The van der Waals surface area contributed by atoms with Crippen molar-refractivity contribution in [1.82, 2.24) is 0 Å². The van der Waals surface area contributed by atoms with Gasteiger partial charge in [0.1, 0.15) is 0 Å². The molecule has 0 atom stereocenters. The van der Waals surface area contributed by atoms with E-state index >= 15 is 0 Å². The molecule has 0 saturated carbocycles. The second kappa shape index (κ2) is 3.61. The molecule has 0 aromatic heterocycles. The van der Waals surface area contributed by atoms with Crippen LogP contribution in [0, 0.1) is 0 Å². The Morgan fingerprint density at radius 2 is 1.82 bits per heavy atom. The molecule has 0 nitrogen and oxygen atoms in total. The minimum Gasteiger partial charge on any atom is -0.0849 e. The Labute approximate surface area is 69.9 Å². The number of benzene rings is 1. The maximum Gasteiger partial charge on any atom is 0.154 e. The van der Waals surface area contributed by atoms with Crippen molar-refractivity contribution in [3.63, 3.8) is 0 Å². The zero-order valence-electron chi connectivity index (χ0n) is 7.59. The SMILES string of the molecule is CBc1ccccc1C(C)C. The predicted molar refractivity (Wildman–Crippen MR) is 53.2 cm³/mol. The van der Waals surface area contributed by atoms with Crippen LogP contribution >= 0.6 is 0 Å². The molecule has 0 amide bonds. The first kappa shape index (κ1) is 8.38. The molecule has 0 N–H and O–H groups in total. The fraction of sp³-hybridized carbons (Fsp3) is 0.400. The lowest BCUT2D eigenvalue weighted by Gasteiger charge is -2.09. The fourth-order valence-corrected chi connectivity index (χ4v) is 1.42. The van der Waals surface area contributed by atoms with Crippen LogP contribution in [0.2, 0.25) is 6.82 Å². The largest absolute Gasteiger partial charge is 0.154 e. The highest BCUT2D eigenvalue weighted by atomic mass is 14.0. The highest BCUT2D eigenvalue weighted by molar-refractivity contribution is 6.52. The monoisotopic (exact) mass is 146 g/mol. The lowest BCUT2D eigenvalue weighted by atomic mass is 9.69. The molecule has 0 aliphatic heterocycles. The molecular weight excluding hydrogens is 131 g/mol. The van der Waals surface area contributed by atoms with E-state index in [9.17, 15) is 0 Å². The van der Waals surface area contributed by atoms with E-state index in [-0.39, 0.29) is 0 Å². The summed E-state index contributed by atoms with van der Waals surface area (Å²) in [7, 11) is 1.15. The molecule has 0 aliphatic carbocycles. The van der Waals surface area contributed by atoms with Crippen LogP contribution in [-0.2, 0) is 0 Å². The van der Waals surface area contributed by atoms with Crippen LogP contribution in [0.25, 0.3) is 0 Å². The Morgan fingerprint density at radius 3 is 2.27 bits per heavy atom. The molecule has 0 spiro atoms. The second-order valence-corrected chi connectivity index (χ2v) is 3.21. The minimum atomic E-state index is 0.658. The molecule has 58 valence electrons. The molecular formula is C10H15B. The molecule has 0 bridgehead atoms. The zero-order valence-corrected chi connectivity index (χ0v) is 7.59. The van der Waals surface area contributed by atoms with Crippen LogP contribution in [0.4, 0.5) is 0 Å². The Balaban J connectivity index is 3.02. The minimum absolute atomic E-state index is 0.658. The first-order chi connectivity index (χ1) is 5.25. The van der Waals surface area contributed by atoms with Gasteiger partial charge in [-0.2, -0.15) is 0 Å². The number of hydrogen-bond acceptors (Lipinski definition) is 0. The topological polar surface area (TPSA) is 0 Å². The van der Waals surface area contributed by atoms with E-state index in [1.165, 1.54) is 11.0 Å². The van der Waals surface area contributed by atoms with Gasteiger partial charge >= 0.3 is 0 Å². The summed E-state index contributed by atoms with van der Waals surface area (Å²) in [5.74, 6) is 0.658. The molecule has 0 unspecified atom stereocenters. The second-order valence-electron chi connectivity index (χ2n) is 3.21. The van der Waals surface area contributed by atoms with E-state index in [4.69, 9.17) is 0 Å². The van der Waals surface area contributed by atoms with Gasteiger partial charge in [-0.25, -0.2) is 0 Å². The number of rotatable bonds is 2. The van der Waals surface area contributed by atoms with Gasteiger partial charge in [0.25, 0.3) is 0 Å². The first-order valence-corrected chi connectivity index (χ1v) is 4.33. The summed E-state index contributed by atoms with van der Waals surface area (Å²) in [5, 5.41) is 0. The lowest BCUT2D eigenvalue weighted by molar-refractivity contribution is 0.873. The Morgan fingerprint density at radius 1 is 1.18 bits per heavy atom. The van der Waals surface area contributed by atoms with Crippen LogP contribution in [0.15, 0.2) is 24.3 Å². The molecule has 0 heterocycles. The average molecular weight is 146 g/mol. The molecule has 1 heteroatoms. The molecule has 0 aliphatic rings. The van der Waals surface area contributed by atoms with Crippen molar-refractivity contribution in [1.29, 1.82) is 0 Å².